The first-order valence-corrected chi connectivity index (χ1v) is 7.26. The van der Waals surface area contributed by atoms with Crippen molar-refractivity contribution in [2.24, 2.45) is 7.05 Å². The van der Waals surface area contributed by atoms with Crippen LogP contribution in [-0.4, -0.2) is 34.9 Å². The van der Waals surface area contributed by atoms with Gasteiger partial charge in [-0.05, 0) is 18.2 Å². The molecule has 0 spiro atoms. The van der Waals surface area contributed by atoms with E-state index in [0.29, 0.717) is 27.8 Å². The number of carbonyl (C=O) groups is 1. The molecule has 1 aromatic carbocycles. The molecule has 0 aliphatic rings. The molecule has 2 aromatic heterocycles. The second-order valence-electron chi connectivity index (χ2n) is 4.46. The highest BCUT2D eigenvalue weighted by Gasteiger charge is 2.17. The monoisotopic (exact) mass is 318 g/mol. The molecular weight excluding hydrogens is 304 g/mol. The number of rotatable bonds is 4. The quantitative estimate of drug-likeness (QED) is 0.798. The first kappa shape index (κ1) is 14.3. The van der Waals surface area contributed by atoms with Crippen LogP contribution in [0, 0.1) is 0 Å². The molecule has 0 unspecified atom stereocenters. The minimum Gasteiger partial charge on any atom is -0.495 e. The van der Waals surface area contributed by atoms with Crippen LogP contribution in [0.5, 0.6) is 11.5 Å². The predicted octanol–water partition coefficient (Wildman–Crippen LogP) is 2.30. The SMILES string of the molecule is COc1ccc(OC)c2sc(NC(=O)c3ccnn3C)nc12. The van der Waals surface area contributed by atoms with Gasteiger partial charge in [-0.3, -0.25) is 14.8 Å². The second-order valence-corrected chi connectivity index (χ2v) is 5.46. The Hall–Kier alpha value is -2.61. The van der Waals surface area contributed by atoms with E-state index in [1.54, 1.807) is 39.6 Å². The van der Waals surface area contributed by atoms with Gasteiger partial charge >= 0.3 is 0 Å². The van der Waals surface area contributed by atoms with Crippen LogP contribution in [0.1, 0.15) is 10.5 Å². The van der Waals surface area contributed by atoms with E-state index in [4.69, 9.17) is 9.47 Å². The van der Waals surface area contributed by atoms with Gasteiger partial charge in [0.05, 0.1) is 14.2 Å². The van der Waals surface area contributed by atoms with Gasteiger partial charge in [-0.15, -0.1) is 0 Å². The number of methoxy groups -OCH3 is 2. The summed E-state index contributed by atoms with van der Waals surface area (Å²) >= 11 is 1.33. The number of anilines is 1. The maximum absolute atomic E-state index is 12.2. The van der Waals surface area contributed by atoms with Crippen LogP contribution in [0.3, 0.4) is 0 Å². The summed E-state index contributed by atoms with van der Waals surface area (Å²) in [5.74, 6) is 1.06. The summed E-state index contributed by atoms with van der Waals surface area (Å²) in [6.45, 7) is 0. The van der Waals surface area contributed by atoms with Gasteiger partial charge in [-0.1, -0.05) is 11.3 Å². The zero-order valence-electron chi connectivity index (χ0n) is 12.3. The van der Waals surface area contributed by atoms with Crippen molar-refractivity contribution in [1.29, 1.82) is 0 Å². The Kier molecular flexibility index (Phi) is 3.68. The van der Waals surface area contributed by atoms with E-state index in [9.17, 15) is 4.79 Å². The molecule has 0 bridgehead atoms. The second kappa shape index (κ2) is 5.64. The maximum atomic E-state index is 12.2. The van der Waals surface area contributed by atoms with Gasteiger partial charge in [-0.2, -0.15) is 5.10 Å². The third kappa shape index (κ3) is 2.37. The Balaban J connectivity index is 1.98. The Morgan fingerprint density at radius 1 is 1.23 bits per heavy atom. The van der Waals surface area contributed by atoms with Crippen molar-refractivity contribution >= 4 is 32.6 Å². The summed E-state index contributed by atoms with van der Waals surface area (Å²) in [5, 5.41) is 7.23. The average Bonchev–Trinajstić information content (AvgIpc) is 3.12. The third-order valence-electron chi connectivity index (χ3n) is 3.18. The topological polar surface area (TPSA) is 78.3 Å². The molecule has 0 radical (unpaired) electrons. The van der Waals surface area contributed by atoms with Gasteiger partial charge in [0.15, 0.2) is 5.13 Å². The van der Waals surface area contributed by atoms with Crippen molar-refractivity contribution in [3.05, 3.63) is 30.1 Å². The molecule has 7 nitrogen and oxygen atoms in total. The Bertz CT molecular complexity index is 799. The zero-order chi connectivity index (χ0) is 15.7. The molecule has 0 saturated heterocycles. The van der Waals surface area contributed by atoms with Crippen molar-refractivity contribution < 1.29 is 14.3 Å². The molecular formula is C14H14N4O3S. The summed E-state index contributed by atoms with van der Waals surface area (Å²) in [5.41, 5.74) is 1.12. The van der Waals surface area contributed by atoms with Gasteiger partial charge in [-0.25, -0.2) is 4.98 Å². The number of thiazole rings is 1. The van der Waals surface area contributed by atoms with E-state index in [0.717, 1.165) is 4.70 Å². The molecule has 1 N–H and O–H groups in total. The Morgan fingerprint density at radius 2 is 1.95 bits per heavy atom. The van der Waals surface area contributed by atoms with Crippen LogP contribution in [-0.2, 0) is 7.05 Å². The number of amides is 1. The number of ether oxygens (including phenoxy) is 2. The summed E-state index contributed by atoms with van der Waals surface area (Å²) in [4.78, 5) is 16.6. The number of benzene rings is 1. The molecule has 114 valence electrons. The number of carbonyl (C=O) groups excluding carboxylic acids is 1. The molecule has 2 heterocycles. The fourth-order valence-electron chi connectivity index (χ4n) is 2.10. The lowest BCUT2D eigenvalue weighted by Gasteiger charge is -2.03. The van der Waals surface area contributed by atoms with Crippen LogP contribution < -0.4 is 14.8 Å². The van der Waals surface area contributed by atoms with E-state index in [-0.39, 0.29) is 5.91 Å². The van der Waals surface area contributed by atoms with Gasteiger partial charge in [0.25, 0.3) is 5.91 Å². The Labute approximate surface area is 130 Å². The van der Waals surface area contributed by atoms with E-state index >= 15 is 0 Å². The minimum absolute atomic E-state index is 0.267. The lowest BCUT2D eigenvalue weighted by molar-refractivity contribution is 0.101. The zero-order valence-corrected chi connectivity index (χ0v) is 13.1. The molecule has 3 aromatic rings. The molecule has 0 aliphatic heterocycles. The molecule has 22 heavy (non-hydrogen) atoms. The van der Waals surface area contributed by atoms with E-state index < -0.39 is 0 Å². The van der Waals surface area contributed by atoms with Crippen molar-refractivity contribution in [1.82, 2.24) is 14.8 Å². The van der Waals surface area contributed by atoms with Crippen molar-refractivity contribution in [2.45, 2.75) is 0 Å². The van der Waals surface area contributed by atoms with Crippen molar-refractivity contribution in [3.8, 4) is 11.5 Å². The van der Waals surface area contributed by atoms with Crippen LogP contribution >= 0.6 is 11.3 Å². The fourth-order valence-corrected chi connectivity index (χ4v) is 3.07. The highest BCUT2D eigenvalue weighted by atomic mass is 32.1. The standard InChI is InChI=1S/C14H14N4O3S/c1-18-8(6-7-15-18)13(19)17-14-16-11-9(20-2)4-5-10(21-3)12(11)22-14/h4-7H,1-3H3,(H,16,17,19). The largest absolute Gasteiger partial charge is 0.495 e. The fraction of sp³-hybridized carbons (Fsp3) is 0.214. The lowest BCUT2D eigenvalue weighted by atomic mass is 10.3. The molecule has 0 saturated carbocycles. The van der Waals surface area contributed by atoms with E-state index in [1.165, 1.54) is 16.0 Å². The lowest BCUT2D eigenvalue weighted by Crippen LogP contribution is -2.15. The number of fused-ring (bicyclic) bond motifs is 1. The van der Waals surface area contributed by atoms with Crippen LogP contribution in [0.2, 0.25) is 0 Å². The summed E-state index contributed by atoms with van der Waals surface area (Å²) < 4.78 is 12.9. The molecule has 3 rings (SSSR count). The maximum Gasteiger partial charge on any atom is 0.275 e. The first-order chi connectivity index (χ1) is 10.6. The predicted molar refractivity (Wildman–Crippen MR) is 83.9 cm³/mol. The van der Waals surface area contributed by atoms with E-state index in [2.05, 4.69) is 15.4 Å². The van der Waals surface area contributed by atoms with Crippen LogP contribution in [0.25, 0.3) is 10.2 Å². The summed E-state index contributed by atoms with van der Waals surface area (Å²) in [7, 11) is 4.88. The highest BCUT2D eigenvalue weighted by molar-refractivity contribution is 7.22. The number of aromatic nitrogens is 3. The molecule has 1 amide bonds. The highest BCUT2D eigenvalue weighted by Crippen LogP contribution is 2.38. The smallest absolute Gasteiger partial charge is 0.275 e. The Morgan fingerprint density at radius 3 is 2.59 bits per heavy atom. The number of aryl methyl sites for hydroxylation is 1. The molecule has 0 aliphatic carbocycles. The van der Waals surface area contributed by atoms with Gasteiger partial charge in [0, 0.05) is 13.2 Å². The molecule has 8 heteroatoms. The van der Waals surface area contributed by atoms with Crippen LogP contribution in [0.4, 0.5) is 5.13 Å². The molecule has 0 fully saturated rings. The minimum atomic E-state index is -0.267. The normalized spacial score (nSPS) is 10.7. The van der Waals surface area contributed by atoms with Gasteiger partial charge < -0.3 is 9.47 Å². The van der Waals surface area contributed by atoms with Crippen LogP contribution in [0.15, 0.2) is 24.4 Å². The first-order valence-electron chi connectivity index (χ1n) is 6.45. The molecule has 0 atom stereocenters. The summed E-state index contributed by atoms with van der Waals surface area (Å²) in [6, 6.07) is 5.24. The number of hydrogen-bond acceptors (Lipinski definition) is 6. The van der Waals surface area contributed by atoms with Gasteiger partial charge in [0.2, 0.25) is 0 Å². The van der Waals surface area contributed by atoms with Gasteiger partial charge in [0.1, 0.15) is 27.4 Å². The number of nitrogens with zero attached hydrogens (tertiary/aromatic N) is 3. The third-order valence-corrected chi connectivity index (χ3v) is 4.17. The summed E-state index contributed by atoms with van der Waals surface area (Å²) in [6.07, 6.45) is 1.57. The van der Waals surface area contributed by atoms with Crippen molar-refractivity contribution in [3.63, 3.8) is 0 Å². The average molecular weight is 318 g/mol. The van der Waals surface area contributed by atoms with E-state index in [1.807, 2.05) is 6.07 Å². The number of hydrogen-bond donors (Lipinski definition) is 1. The number of nitrogens with one attached hydrogen (secondary N) is 1. The van der Waals surface area contributed by atoms with Crippen molar-refractivity contribution in [2.75, 3.05) is 19.5 Å².